The molecule has 0 aromatic rings. The van der Waals surface area contributed by atoms with E-state index in [-0.39, 0.29) is 6.42 Å². The third-order valence-corrected chi connectivity index (χ3v) is 3.16. The molecule has 1 aliphatic heterocycles. The number of hydrogen-bond donors (Lipinski definition) is 1. The molecule has 1 rings (SSSR count). The Bertz CT molecular complexity index is 260. The predicted molar refractivity (Wildman–Crippen MR) is 51.7 cm³/mol. The Hall–Kier alpha value is -0.290. The molecule has 1 heterocycles. The van der Waals surface area contributed by atoms with Crippen LogP contribution in [0.1, 0.15) is 34.1 Å². The van der Waals surface area contributed by atoms with Crippen molar-refractivity contribution in [2.45, 2.75) is 57.0 Å². The second-order valence-electron chi connectivity index (χ2n) is 5.20. The van der Waals surface area contributed by atoms with Crippen LogP contribution in [-0.4, -0.2) is 30.0 Å². The molecule has 0 aliphatic carbocycles. The van der Waals surface area contributed by atoms with Crippen molar-refractivity contribution in [2.24, 2.45) is 0 Å². The summed E-state index contributed by atoms with van der Waals surface area (Å²) in [6.45, 7) is 6.32. The Morgan fingerprint density at radius 2 is 1.60 bits per heavy atom. The fourth-order valence-electron chi connectivity index (χ4n) is 2.64. The average Bonchev–Trinajstić information content (AvgIpc) is 2.13. The van der Waals surface area contributed by atoms with Crippen molar-refractivity contribution < 1.29 is 17.9 Å². The molecule has 0 spiro atoms. The van der Waals surface area contributed by atoms with Crippen LogP contribution in [0.25, 0.3) is 0 Å². The highest BCUT2D eigenvalue weighted by molar-refractivity contribution is 5.14. The van der Waals surface area contributed by atoms with Crippen molar-refractivity contribution >= 4 is 0 Å². The first-order chi connectivity index (χ1) is 6.47. The zero-order valence-corrected chi connectivity index (χ0v) is 9.75. The fourth-order valence-corrected chi connectivity index (χ4v) is 2.64. The maximum absolute atomic E-state index is 13.1. The minimum atomic E-state index is -4.32. The molecule has 1 fully saturated rings. The summed E-state index contributed by atoms with van der Waals surface area (Å²) >= 11 is 0. The first-order valence-corrected chi connectivity index (χ1v) is 4.93. The molecule has 0 bridgehead atoms. The van der Waals surface area contributed by atoms with Crippen molar-refractivity contribution in [1.82, 2.24) is 5.32 Å². The maximum atomic E-state index is 13.1. The normalized spacial score (nSPS) is 34.4. The number of alkyl halides is 3. The van der Waals surface area contributed by atoms with E-state index in [4.69, 9.17) is 4.74 Å². The van der Waals surface area contributed by atoms with Gasteiger partial charge in [0.05, 0.1) is 11.2 Å². The predicted octanol–water partition coefficient (Wildman–Crippen LogP) is 2.48. The smallest absolute Gasteiger partial charge is 0.367 e. The number of halogens is 3. The van der Waals surface area contributed by atoms with Crippen LogP contribution in [0, 0.1) is 0 Å². The molecule has 2 nitrogen and oxygen atoms in total. The van der Waals surface area contributed by atoms with E-state index in [0.29, 0.717) is 0 Å². The summed E-state index contributed by atoms with van der Waals surface area (Å²) in [7, 11) is 1.33. The van der Waals surface area contributed by atoms with Gasteiger partial charge in [-0.3, -0.25) is 0 Å². The summed E-state index contributed by atoms with van der Waals surface area (Å²) < 4.78 is 44.8. The lowest BCUT2D eigenvalue weighted by Gasteiger charge is -2.40. The Labute approximate surface area is 88.2 Å². The molecule has 15 heavy (non-hydrogen) atoms. The summed E-state index contributed by atoms with van der Waals surface area (Å²) in [5.41, 5.74) is -3.99. The van der Waals surface area contributed by atoms with Gasteiger partial charge in [-0.25, -0.2) is 0 Å². The summed E-state index contributed by atoms with van der Waals surface area (Å²) in [4.78, 5) is 0. The number of hydrogen-bond acceptors (Lipinski definition) is 2. The van der Waals surface area contributed by atoms with Gasteiger partial charge < -0.3 is 10.1 Å². The summed E-state index contributed by atoms with van der Waals surface area (Å²) in [5.74, 6) is 0. The van der Waals surface area contributed by atoms with Crippen molar-refractivity contribution in [2.75, 3.05) is 7.05 Å². The Morgan fingerprint density at radius 1 is 1.13 bits per heavy atom. The lowest BCUT2D eigenvalue weighted by Crippen LogP contribution is -2.65. The minimum absolute atomic E-state index is 0.0764. The highest BCUT2D eigenvalue weighted by Gasteiger charge is 2.69. The number of likely N-dealkylation sites (N-methyl/N-ethyl adjacent to an activating group) is 1. The van der Waals surface area contributed by atoms with Crippen molar-refractivity contribution in [3.05, 3.63) is 0 Å². The molecule has 1 unspecified atom stereocenters. The molecule has 0 aromatic carbocycles. The highest BCUT2D eigenvalue weighted by atomic mass is 19.4. The lowest BCUT2D eigenvalue weighted by atomic mass is 9.78. The molecule has 1 N–H and O–H groups in total. The van der Waals surface area contributed by atoms with E-state index in [1.807, 2.05) is 0 Å². The second-order valence-corrected chi connectivity index (χ2v) is 5.20. The van der Waals surface area contributed by atoms with Gasteiger partial charge in [-0.05, 0) is 34.7 Å². The molecule has 0 radical (unpaired) electrons. The monoisotopic (exact) mass is 225 g/mol. The van der Waals surface area contributed by atoms with Gasteiger partial charge in [0.2, 0.25) is 0 Å². The van der Waals surface area contributed by atoms with E-state index in [1.165, 1.54) is 20.9 Å². The minimum Gasteiger partial charge on any atom is -0.367 e. The largest absolute Gasteiger partial charge is 0.409 e. The van der Waals surface area contributed by atoms with Crippen LogP contribution in [0.3, 0.4) is 0 Å². The molecule has 5 heteroatoms. The van der Waals surface area contributed by atoms with Crippen LogP contribution in [-0.2, 0) is 4.74 Å². The first kappa shape index (κ1) is 12.8. The van der Waals surface area contributed by atoms with Gasteiger partial charge in [-0.2, -0.15) is 13.2 Å². The van der Waals surface area contributed by atoms with Crippen LogP contribution in [0.4, 0.5) is 13.2 Å². The molecule has 1 aliphatic rings. The molecule has 0 aromatic heterocycles. The van der Waals surface area contributed by atoms with E-state index in [9.17, 15) is 13.2 Å². The average molecular weight is 225 g/mol. The van der Waals surface area contributed by atoms with Gasteiger partial charge in [0.25, 0.3) is 0 Å². The lowest BCUT2D eigenvalue weighted by molar-refractivity contribution is -0.227. The van der Waals surface area contributed by atoms with Crippen LogP contribution >= 0.6 is 0 Å². The molecular weight excluding hydrogens is 207 g/mol. The molecule has 1 saturated heterocycles. The number of nitrogens with one attached hydrogen (secondary N) is 1. The third kappa shape index (κ3) is 1.76. The fraction of sp³-hybridized carbons (Fsp3) is 1.00. The van der Waals surface area contributed by atoms with E-state index < -0.39 is 22.9 Å². The highest BCUT2D eigenvalue weighted by Crippen LogP contribution is 2.52. The third-order valence-electron chi connectivity index (χ3n) is 3.16. The topological polar surface area (TPSA) is 21.3 Å². The van der Waals surface area contributed by atoms with Gasteiger partial charge in [-0.1, -0.05) is 0 Å². The number of ether oxygens (including phenoxy) is 1. The van der Waals surface area contributed by atoms with Crippen LogP contribution < -0.4 is 5.32 Å². The zero-order chi connectivity index (χ0) is 12.1. The summed E-state index contributed by atoms with van der Waals surface area (Å²) in [6, 6.07) is 0. The van der Waals surface area contributed by atoms with Crippen LogP contribution in [0.2, 0.25) is 0 Å². The summed E-state index contributed by atoms with van der Waals surface area (Å²) in [6.07, 6.45) is -4.40. The zero-order valence-electron chi connectivity index (χ0n) is 9.75. The van der Waals surface area contributed by atoms with Gasteiger partial charge in [0.1, 0.15) is 5.54 Å². The van der Waals surface area contributed by atoms with E-state index in [1.54, 1.807) is 13.8 Å². The number of rotatable bonds is 1. The Morgan fingerprint density at radius 3 is 1.73 bits per heavy atom. The maximum Gasteiger partial charge on any atom is 0.409 e. The Balaban J connectivity index is 3.21. The molecule has 0 amide bonds. The SMILES string of the molecule is CNC1(C(F)(F)F)CC(C)(C)OC1(C)C. The van der Waals surface area contributed by atoms with Gasteiger partial charge >= 0.3 is 6.18 Å². The van der Waals surface area contributed by atoms with Crippen molar-refractivity contribution in [3.8, 4) is 0 Å². The van der Waals surface area contributed by atoms with Crippen molar-refractivity contribution in [1.29, 1.82) is 0 Å². The molecule has 1 atom stereocenters. The van der Waals surface area contributed by atoms with Crippen LogP contribution in [0.5, 0.6) is 0 Å². The second kappa shape index (κ2) is 3.10. The first-order valence-electron chi connectivity index (χ1n) is 4.93. The van der Waals surface area contributed by atoms with Gasteiger partial charge in [0, 0.05) is 6.42 Å². The van der Waals surface area contributed by atoms with Gasteiger partial charge in [0.15, 0.2) is 0 Å². The van der Waals surface area contributed by atoms with E-state index >= 15 is 0 Å². The molecular formula is C10H18F3NO. The van der Waals surface area contributed by atoms with Crippen LogP contribution in [0.15, 0.2) is 0 Å². The molecule has 0 saturated carbocycles. The standard InChI is InChI=1S/C10H18F3NO/c1-7(2)6-9(14-5,10(11,12)13)8(3,4)15-7/h14H,6H2,1-5H3. The quantitative estimate of drug-likeness (QED) is 0.740. The molecule has 90 valence electrons. The van der Waals surface area contributed by atoms with E-state index in [2.05, 4.69) is 5.32 Å². The van der Waals surface area contributed by atoms with Crippen molar-refractivity contribution in [3.63, 3.8) is 0 Å². The van der Waals surface area contributed by atoms with Gasteiger partial charge in [-0.15, -0.1) is 0 Å². The van der Waals surface area contributed by atoms with E-state index in [0.717, 1.165) is 0 Å². The Kier molecular flexibility index (Phi) is 2.64. The summed E-state index contributed by atoms with van der Waals surface area (Å²) in [5, 5.41) is 2.41.